The highest BCUT2D eigenvalue weighted by molar-refractivity contribution is 7.15. The van der Waals surface area contributed by atoms with Crippen molar-refractivity contribution in [3.05, 3.63) is 65.1 Å². The van der Waals surface area contributed by atoms with Gasteiger partial charge in [-0.25, -0.2) is 5.10 Å². The number of fused-ring (bicyclic) bond motifs is 1. The molecule has 4 aromatic heterocycles. The molecule has 0 aliphatic carbocycles. The standard InChI is InChI=1S/C19H14F3N5OS/c1-2-12-5-6-15(29-12)13-8-16(19(20,21)22)27-17(25-13)9-14(26-27)18(28)24-11-4-3-7-23-10-11/h3-10H,2H2,1H3,(H,24,28)/p+1. The predicted octanol–water partition coefficient (Wildman–Crippen LogP) is 4.11. The number of alkyl halides is 3. The molecule has 0 atom stereocenters. The zero-order chi connectivity index (χ0) is 20.6. The van der Waals surface area contributed by atoms with Crippen LogP contribution in [0.15, 0.2) is 48.8 Å². The minimum absolute atomic E-state index is 0.00221. The first kappa shape index (κ1) is 19.1. The van der Waals surface area contributed by atoms with E-state index >= 15 is 0 Å². The lowest BCUT2D eigenvalue weighted by atomic mass is 10.2. The van der Waals surface area contributed by atoms with E-state index < -0.39 is 17.8 Å². The first-order valence-corrected chi connectivity index (χ1v) is 9.50. The van der Waals surface area contributed by atoms with Crippen LogP contribution in [0.25, 0.3) is 16.2 Å². The number of carbonyl (C=O) groups excluding carboxylic acids is 1. The van der Waals surface area contributed by atoms with Gasteiger partial charge in [0.05, 0.1) is 22.8 Å². The number of rotatable bonds is 4. The minimum atomic E-state index is -4.63. The third kappa shape index (κ3) is 3.83. The third-order valence-corrected chi connectivity index (χ3v) is 5.45. The van der Waals surface area contributed by atoms with Gasteiger partial charge >= 0.3 is 11.8 Å². The van der Waals surface area contributed by atoms with Gasteiger partial charge in [0, 0.05) is 17.1 Å². The van der Waals surface area contributed by atoms with Crippen molar-refractivity contribution >= 4 is 28.6 Å². The predicted molar refractivity (Wildman–Crippen MR) is 102 cm³/mol. The van der Waals surface area contributed by atoms with E-state index in [9.17, 15) is 18.0 Å². The number of aryl methyl sites for hydroxylation is 1. The van der Waals surface area contributed by atoms with E-state index in [4.69, 9.17) is 0 Å². The lowest BCUT2D eigenvalue weighted by molar-refractivity contribution is -0.604. The molecule has 0 bridgehead atoms. The van der Waals surface area contributed by atoms with Crippen molar-refractivity contribution in [1.29, 1.82) is 0 Å². The molecule has 4 rings (SSSR count). The van der Waals surface area contributed by atoms with E-state index in [-0.39, 0.29) is 17.0 Å². The molecule has 0 fully saturated rings. The van der Waals surface area contributed by atoms with Gasteiger partial charge in [-0.2, -0.15) is 13.2 Å². The summed E-state index contributed by atoms with van der Waals surface area (Å²) in [6, 6.07) is 9.16. The summed E-state index contributed by atoms with van der Waals surface area (Å²) >= 11 is 1.39. The Morgan fingerprint density at radius 1 is 1.28 bits per heavy atom. The molecule has 0 aliphatic rings. The Hall–Kier alpha value is -3.27. The van der Waals surface area contributed by atoms with E-state index in [1.807, 2.05) is 13.0 Å². The Labute approximate surface area is 167 Å². The van der Waals surface area contributed by atoms with E-state index in [1.165, 1.54) is 23.6 Å². The average molecular weight is 418 g/mol. The third-order valence-electron chi connectivity index (χ3n) is 4.20. The quantitative estimate of drug-likeness (QED) is 0.490. The Morgan fingerprint density at radius 2 is 2.10 bits per heavy atom. The van der Waals surface area contributed by atoms with Crippen molar-refractivity contribution in [2.24, 2.45) is 0 Å². The summed E-state index contributed by atoms with van der Waals surface area (Å²) in [7, 11) is 0. The van der Waals surface area contributed by atoms with E-state index in [0.29, 0.717) is 10.6 Å². The first-order chi connectivity index (χ1) is 13.8. The van der Waals surface area contributed by atoms with Crippen LogP contribution >= 0.6 is 11.3 Å². The van der Waals surface area contributed by atoms with Crippen molar-refractivity contribution in [2.45, 2.75) is 19.5 Å². The fourth-order valence-corrected chi connectivity index (χ4v) is 3.72. The Bertz CT molecular complexity index is 1180. The number of aromatic nitrogens is 4. The normalized spacial score (nSPS) is 11.7. The summed E-state index contributed by atoms with van der Waals surface area (Å²) in [6.45, 7) is 1.97. The summed E-state index contributed by atoms with van der Waals surface area (Å²) in [5.74, 6) is -0.595. The second kappa shape index (κ2) is 7.28. The van der Waals surface area contributed by atoms with Gasteiger partial charge in [0.2, 0.25) is 5.69 Å². The van der Waals surface area contributed by atoms with Gasteiger partial charge in [-0.05, 0) is 35.7 Å². The van der Waals surface area contributed by atoms with Crippen LogP contribution in [-0.4, -0.2) is 21.0 Å². The number of nitrogens with zero attached hydrogens (tertiary/aromatic N) is 3. The van der Waals surface area contributed by atoms with Crippen LogP contribution < -0.4 is 9.83 Å². The summed E-state index contributed by atoms with van der Waals surface area (Å²) < 4.78 is 41.8. The van der Waals surface area contributed by atoms with E-state index in [2.05, 4.69) is 20.4 Å². The van der Waals surface area contributed by atoms with Gasteiger partial charge in [-0.1, -0.05) is 6.92 Å². The summed E-state index contributed by atoms with van der Waals surface area (Å²) in [5.41, 5.74) is -0.358. The maximum absolute atomic E-state index is 13.7. The maximum atomic E-state index is 13.7. The number of halogens is 3. The Kier molecular flexibility index (Phi) is 4.79. The zero-order valence-corrected chi connectivity index (χ0v) is 15.9. The van der Waals surface area contributed by atoms with E-state index in [1.54, 1.807) is 24.4 Å². The number of hydrogen-bond acceptors (Lipinski definition) is 4. The summed E-state index contributed by atoms with van der Waals surface area (Å²) in [4.78, 5) is 22.3. The highest BCUT2D eigenvalue weighted by Gasteiger charge is 2.40. The Balaban J connectivity index is 1.79. The molecule has 0 spiro atoms. The van der Waals surface area contributed by atoms with Gasteiger partial charge in [-0.3, -0.25) is 9.78 Å². The van der Waals surface area contributed by atoms with Crippen molar-refractivity contribution in [1.82, 2.24) is 15.1 Å². The van der Waals surface area contributed by atoms with Crippen molar-refractivity contribution in [3.8, 4) is 10.6 Å². The monoisotopic (exact) mass is 418 g/mol. The topological polar surface area (TPSA) is 74.8 Å². The number of nitrogens with one attached hydrogen (secondary N) is 2. The molecular weight excluding hydrogens is 403 g/mol. The molecule has 6 nitrogen and oxygen atoms in total. The number of aromatic amines is 1. The highest BCUT2D eigenvalue weighted by atomic mass is 32.1. The number of amides is 1. The molecule has 0 saturated carbocycles. The van der Waals surface area contributed by atoms with Gasteiger partial charge in [0.1, 0.15) is 5.69 Å². The molecule has 0 unspecified atom stereocenters. The van der Waals surface area contributed by atoms with Gasteiger partial charge in [0.15, 0.2) is 5.69 Å². The molecule has 0 aromatic carbocycles. The van der Waals surface area contributed by atoms with Crippen molar-refractivity contribution < 1.29 is 22.5 Å². The lowest BCUT2D eigenvalue weighted by Gasteiger charge is -2.04. The molecule has 4 aromatic rings. The summed E-state index contributed by atoms with van der Waals surface area (Å²) in [5, 5.41) is 5.07. The van der Waals surface area contributed by atoms with E-state index in [0.717, 1.165) is 21.9 Å². The number of pyridine rings is 1. The Morgan fingerprint density at radius 3 is 2.76 bits per heavy atom. The second-order valence-electron chi connectivity index (χ2n) is 6.20. The number of carbonyl (C=O) groups is 1. The van der Waals surface area contributed by atoms with Gasteiger partial charge < -0.3 is 5.32 Å². The maximum Gasteiger partial charge on any atom is 0.456 e. The lowest BCUT2D eigenvalue weighted by Crippen LogP contribution is -2.36. The number of thiophene rings is 1. The number of H-pyrrole nitrogens is 1. The van der Waals surface area contributed by atoms with Crippen molar-refractivity contribution in [2.75, 3.05) is 5.32 Å². The van der Waals surface area contributed by atoms with Crippen LogP contribution in [0.1, 0.15) is 28.0 Å². The summed E-state index contributed by atoms with van der Waals surface area (Å²) in [6.07, 6.45) is -0.860. The van der Waals surface area contributed by atoms with Crippen LogP contribution in [0.4, 0.5) is 18.9 Å². The number of anilines is 1. The molecule has 10 heteroatoms. The minimum Gasteiger partial charge on any atom is -0.319 e. The largest absolute Gasteiger partial charge is 0.456 e. The molecule has 0 saturated heterocycles. The molecule has 29 heavy (non-hydrogen) atoms. The first-order valence-electron chi connectivity index (χ1n) is 8.68. The molecule has 148 valence electrons. The molecule has 2 N–H and O–H groups in total. The van der Waals surface area contributed by atoms with Crippen LogP contribution in [0.5, 0.6) is 0 Å². The van der Waals surface area contributed by atoms with Crippen molar-refractivity contribution in [3.63, 3.8) is 0 Å². The fraction of sp³-hybridized carbons (Fsp3) is 0.158. The van der Waals surface area contributed by atoms with Crippen LogP contribution in [0, 0.1) is 0 Å². The van der Waals surface area contributed by atoms with Gasteiger partial charge in [-0.15, -0.1) is 15.9 Å². The van der Waals surface area contributed by atoms with Gasteiger partial charge in [0.25, 0.3) is 5.91 Å². The van der Waals surface area contributed by atoms with Crippen LogP contribution in [0.2, 0.25) is 0 Å². The smallest absolute Gasteiger partial charge is 0.319 e. The second-order valence-corrected chi connectivity index (χ2v) is 7.37. The SMILES string of the molecule is CCc1ccc(-c2cc(C(F)(F)F)[n+]3[nH]c(C(=O)Nc4cccnc4)cc3n2)s1. The molecular formula is C19H15F3N5OS+. The number of hydrogen-bond donors (Lipinski definition) is 2. The molecule has 4 heterocycles. The van der Waals surface area contributed by atoms with Crippen LogP contribution in [0.3, 0.4) is 0 Å². The fourth-order valence-electron chi connectivity index (χ4n) is 2.81. The average Bonchev–Trinajstić information content (AvgIpc) is 3.34. The van der Waals surface area contributed by atoms with Crippen LogP contribution in [-0.2, 0) is 12.6 Å². The zero-order valence-electron chi connectivity index (χ0n) is 15.1. The molecule has 1 amide bonds. The molecule has 0 aliphatic heterocycles. The highest BCUT2D eigenvalue weighted by Crippen LogP contribution is 2.32. The molecule has 0 radical (unpaired) electrons.